The maximum absolute atomic E-state index is 13.0. The van der Waals surface area contributed by atoms with E-state index in [0.717, 1.165) is 31.4 Å². The molecule has 0 amide bonds. The van der Waals surface area contributed by atoms with E-state index in [4.69, 9.17) is 19.6 Å². The van der Waals surface area contributed by atoms with Gasteiger partial charge in [0.05, 0.1) is 23.9 Å². The van der Waals surface area contributed by atoms with Crippen LogP contribution in [0.15, 0.2) is 29.1 Å². The van der Waals surface area contributed by atoms with Gasteiger partial charge >= 0.3 is 5.97 Å². The summed E-state index contributed by atoms with van der Waals surface area (Å²) in [4.78, 5) is 32.3. The highest BCUT2D eigenvalue weighted by atomic mass is 16.6. The van der Waals surface area contributed by atoms with E-state index in [1.54, 1.807) is 19.1 Å². The number of hydrogen-bond acceptors (Lipinski definition) is 6. The van der Waals surface area contributed by atoms with E-state index in [-0.39, 0.29) is 18.2 Å². The molecule has 1 fully saturated rings. The minimum atomic E-state index is -0.448. The van der Waals surface area contributed by atoms with Crippen LogP contribution in [-0.2, 0) is 16.0 Å². The van der Waals surface area contributed by atoms with Crippen LogP contribution in [0.25, 0.3) is 22.4 Å². The van der Waals surface area contributed by atoms with Crippen molar-refractivity contribution in [3.63, 3.8) is 0 Å². The molecule has 1 N–H and O–H groups in total. The minimum Gasteiger partial charge on any atom is -0.481 e. The predicted octanol–water partition coefficient (Wildman–Crippen LogP) is 3.41. The van der Waals surface area contributed by atoms with Crippen molar-refractivity contribution in [2.75, 3.05) is 13.2 Å². The topological polar surface area (TPSA) is 99.1 Å². The smallest absolute Gasteiger partial charge is 0.344 e. The zero-order valence-electron chi connectivity index (χ0n) is 17.3. The van der Waals surface area contributed by atoms with Gasteiger partial charge in [0.25, 0.3) is 5.56 Å². The Hall–Kier alpha value is -3.16. The van der Waals surface area contributed by atoms with Crippen LogP contribution in [0, 0.1) is 0 Å². The van der Waals surface area contributed by atoms with Crippen molar-refractivity contribution in [2.24, 2.45) is 0 Å². The third-order valence-corrected chi connectivity index (χ3v) is 5.43. The summed E-state index contributed by atoms with van der Waals surface area (Å²) in [5.74, 6) is 0.403. The highest BCUT2D eigenvalue weighted by Gasteiger charge is 2.24. The predicted molar refractivity (Wildman–Crippen MR) is 113 cm³/mol. The van der Waals surface area contributed by atoms with Crippen LogP contribution in [0.4, 0.5) is 0 Å². The van der Waals surface area contributed by atoms with E-state index in [0.29, 0.717) is 41.2 Å². The molecular weight excluding hydrogens is 384 g/mol. The molecule has 30 heavy (non-hydrogen) atoms. The van der Waals surface area contributed by atoms with E-state index in [9.17, 15) is 9.59 Å². The fourth-order valence-electron chi connectivity index (χ4n) is 4.02. The van der Waals surface area contributed by atoms with Crippen molar-refractivity contribution in [1.82, 2.24) is 19.7 Å². The number of rotatable bonds is 7. The molecule has 0 bridgehead atoms. The lowest BCUT2D eigenvalue weighted by molar-refractivity contribution is -0.145. The number of carbonyl (C=O) groups excluding carboxylic acids is 1. The summed E-state index contributed by atoms with van der Waals surface area (Å²) in [7, 11) is 0. The van der Waals surface area contributed by atoms with Gasteiger partial charge in [0.2, 0.25) is 0 Å². The first-order valence-corrected chi connectivity index (χ1v) is 10.5. The largest absolute Gasteiger partial charge is 0.481 e. The molecule has 0 unspecified atom stereocenters. The van der Waals surface area contributed by atoms with Crippen molar-refractivity contribution in [3.05, 3.63) is 40.3 Å². The van der Waals surface area contributed by atoms with Crippen molar-refractivity contribution in [2.45, 2.75) is 52.0 Å². The Morgan fingerprint density at radius 3 is 2.73 bits per heavy atom. The average molecular weight is 410 g/mol. The number of aryl methyl sites for hydroxylation is 1. The van der Waals surface area contributed by atoms with E-state index in [1.165, 1.54) is 0 Å². The van der Waals surface area contributed by atoms with Gasteiger partial charge in [-0.3, -0.25) is 4.79 Å². The number of carbonyl (C=O) groups is 1. The van der Waals surface area contributed by atoms with Gasteiger partial charge in [-0.15, -0.1) is 0 Å². The number of H-pyrrole nitrogens is 1. The second kappa shape index (κ2) is 8.69. The molecule has 0 spiro atoms. The zero-order valence-corrected chi connectivity index (χ0v) is 17.3. The van der Waals surface area contributed by atoms with Crippen LogP contribution in [0.3, 0.4) is 0 Å². The zero-order chi connectivity index (χ0) is 21.1. The first-order valence-electron chi connectivity index (χ1n) is 10.5. The SMILES string of the molecule is CCOC(=O)COc1ccccc1-c1nc2c(c(CC)nn2C2CCCC2)c(=O)[nH]1. The monoisotopic (exact) mass is 410 g/mol. The van der Waals surface area contributed by atoms with Crippen molar-refractivity contribution < 1.29 is 14.3 Å². The van der Waals surface area contributed by atoms with Crippen molar-refractivity contribution in [1.29, 1.82) is 0 Å². The molecule has 2 aromatic heterocycles. The molecule has 8 nitrogen and oxygen atoms in total. The van der Waals surface area contributed by atoms with Gasteiger partial charge in [-0.05, 0) is 38.3 Å². The summed E-state index contributed by atoms with van der Waals surface area (Å²) >= 11 is 0. The van der Waals surface area contributed by atoms with E-state index in [2.05, 4.69) is 4.98 Å². The van der Waals surface area contributed by atoms with Crippen LogP contribution in [-0.4, -0.2) is 38.9 Å². The Morgan fingerprint density at radius 2 is 2.00 bits per heavy atom. The van der Waals surface area contributed by atoms with E-state index in [1.807, 2.05) is 23.7 Å². The average Bonchev–Trinajstić information content (AvgIpc) is 3.40. The number of benzene rings is 1. The number of nitrogens with one attached hydrogen (secondary N) is 1. The Labute approximate surface area is 174 Å². The Bertz CT molecular complexity index is 1110. The van der Waals surface area contributed by atoms with Gasteiger partial charge in [-0.2, -0.15) is 5.10 Å². The van der Waals surface area contributed by atoms with Crippen LogP contribution in [0.5, 0.6) is 5.75 Å². The first-order chi connectivity index (χ1) is 14.6. The minimum absolute atomic E-state index is 0.211. The summed E-state index contributed by atoms with van der Waals surface area (Å²) < 4.78 is 12.5. The summed E-state index contributed by atoms with van der Waals surface area (Å²) in [6.45, 7) is 3.82. The highest BCUT2D eigenvalue weighted by molar-refractivity contribution is 5.80. The maximum Gasteiger partial charge on any atom is 0.344 e. The summed E-state index contributed by atoms with van der Waals surface area (Å²) in [5, 5.41) is 5.28. The third kappa shape index (κ3) is 3.81. The number of fused-ring (bicyclic) bond motifs is 1. The number of aromatic nitrogens is 4. The number of nitrogens with zero attached hydrogens (tertiary/aromatic N) is 3. The van der Waals surface area contributed by atoms with Gasteiger partial charge in [0.15, 0.2) is 12.3 Å². The van der Waals surface area contributed by atoms with Crippen LogP contribution in [0.1, 0.15) is 51.3 Å². The van der Waals surface area contributed by atoms with Crippen LogP contribution < -0.4 is 10.3 Å². The Balaban J connectivity index is 1.78. The van der Waals surface area contributed by atoms with Gasteiger partial charge in [0.1, 0.15) is 17.0 Å². The van der Waals surface area contributed by atoms with E-state index >= 15 is 0 Å². The highest BCUT2D eigenvalue weighted by Crippen LogP contribution is 2.33. The fourth-order valence-corrected chi connectivity index (χ4v) is 4.02. The molecule has 0 atom stereocenters. The molecule has 2 heterocycles. The molecule has 0 saturated heterocycles. The van der Waals surface area contributed by atoms with Crippen molar-refractivity contribution in [3.8, 4) is 17.1 Å². The molecule has 158 valence electrons. The lowest BCUT2D eigenvalue weighted by Gasteiger charge is -2.12. The molecule has 0 radical (unpaired) electrons. The molecule has 8 heteroatoms. The molecular formula is C22H26N4O4. The number of esters is 1. The molecule has 1 aromatic carbocycles. The number of aromatic amines is 1. The molecule has 0 aliphatic heterocycles. The molecule has 4 rings (SSSR count). The number of hydrogen-bond donors (Lipinski definition) is 1. The second-order valence-corrected chi connectivity index (χ2v) is 7.39. The first kappa shape index (κ1) is 20.1. The lowest BCUT2D eigenvalue weighted by Crippen LogP contribution is -2.16. The number of ether oxygens (including phenoxy) is 2. The van der Waals surface area contributed by atoms with Gasteiger partial charge in [0, 0.05) is 0 Å². The Kier molecular flexibility index (Phi) is 5.83. The molecule has 3 aromatic rings. The van der Waals surface area contributed by atoms with Gasteiger partial charge < -0.3 is 14.5 Å². The third-order valence-electron chi connectivity index (χ3n) is 5.43. The van der Waals surface area contributed by atoms with Crippen molar-refractivity contribution >= 4 is 17.0 Å². The normalized spacial score (nSPS) is 14.3. The molecule has 1 aliphatic carbocycles. The van der Waals surface area contributed by atoms with Crippen LogP contribution in [0.2, 0.25) is 0 Å². The summed E-state index contributed by atoms with van der Waals surface area (Å²) in [6, 6.07) is 7.46. The summed E-state index contributed by atoms with van der Waals surface area (Å²) in [5.41, 5.74) is 1.77. The van der Waals surface area contributed by atoms with Gasteiger partial charge in [-0.25, -0.2) is 14.5 Å². The molecule has 1 aliphatic rings. The van der Waals surface area contributed by atoms with E-state index < -0.39 is 5.97 Å². The standard InChI is InChI=1S/C22H26N4O4/c1-3-16-19-21(26(25-16)14-9-5-6-10-14)23-20(24-22(19)28)15-11-7-8-12-17(15)30-13-18(27)29-4-2/h7-8,11-12,14H,3-6,9-10,13H2,1-2H3,(H,23,24,28). The molecule has 1 saturated carbocycles. The quantitative estimate of drug-likeness (QED) is 0.599. The summed E-state index contributed by atoms with van der Waals surface area (Å²) in [6.07, 6.45) is 5.08. The lowest BCUT2D eigenvalue weighted by atomic mass is 10.1. The Morgan fingerprint density at radius 1 is 1.23 bits per heavy atom. The van der Waals surface area contributed by atoms with Crippen LogP contribution >= 0.6 is 0 Å². The van der Waals surface area contributed by atoms with Gasteiger partial charge in [-0.1, -0.05) is 31.9 Å². The number of para-hydroxylation sites is 1. The second-order valence-electron chi connectivity index (χ2n) is 7.39. The fraction of sp³-hybridized carbons (Fsp3) is 0.455. The maximum atomic E-state index is 13.0.